The lowest BCUT2D eigenvalue weighted by atomic mass is 10.2. The molecular formula is C16H14N2O2. The van der Waals surface area contributed by atoms with Gasteiger partial charge in [0.15, 0.2) is 0 Å². The highest BCUT2D eigenvalue weighted by molar-refractivity contribution is 5.62. The molecule has 3 aromatic rings. The Bertz CT molecular complexity index is 692. The summed E-state index contributed by atoms with van der Waals surface area (Å²) in [5, 5.41) is 7.89. The maximum Gasteiger partial charge on any atom is 0.251 e. The topological polar surface area (TPSA) is 48.2 Å². The van der Waals surface area contributed by atoms with Crippen molar-refractivity contribution in [2.45, 2.75) is 13.5 Å². The minimum Gasteiger partial charge on any atom is -0.488 e. The molecule has 0 aliphatic rings. The van der Waals surface area contributed by atoms with E-state index >= 15 is 0 Å². The second-order valence-electron chi connectivity index (χ2n) is 4.40. The average Bonchev–Trinajstić information content (AvgIpc) is 2.93. The van der Waals surface area contributed by atoms with Crippen LogP contribution in [0.15, 0.2) is 59.0 Å². The molecule has 0 N–H and O–H groups in total. The van der Waals surface area contributed by atoms with Gasteiger partial charge in [0.1, 0.15) is 12.4 Å². The van der Waals surface area contributed by atoms with Crippen molar-refractivity contribution in [1.82, 2.24) is 10.2 Å². The van der Waals surface area contributed by atoms with E-state index in [0.717, 1.165) is 16.9 Å². The van der Waals surface area contributed by atoms with Crippen molar-refractivity contribution in [2.75, 3.05) is 0 Å². The number of benzene rings is 2. The van der Waals surface area contributed by atoms with Gasteiger partial charge in [-0.05, 0) is 17.7 Å². The third-order valence-corrected chi connectivity index (χ3v) is 2.88. The number of nitrogens with zero attached hydrogens (tertiary/aromatic N) is 2. The molecule has 0 atom stereocenters. The van der Waals surface area contributed by atoms with Gasteiger partial charge in [-0.25, -0.2) is 0 Å². The van der Waals surface area contributed by atoms with Gasteiger partial charge in [0, 0.05) is 6.92 Å². The van der Waals surface area contributed by atoms with Gasteiger partial charge in [-0.1, -0.05) is 42.5 Å². The molecule has 0 aliphatic carbocycles. The summed E-state index contributed by atoms with van der Waals surface area (Å²) in [6, 6.07) is 17.7. The van der Waals surface area contributed by atoms with Crippen molar-refractivity contribution in [1.29, 1.82) is 0 Å². The predicted molar refractivity (Wildman–Crippen MR) is 75.2 cm³/mol. The molecule has 0 fully saturated rings. The standard InChI is InChI=1S/C16H14N2O2/c1-12-17-18-16(20-12)14-9-5-6-10-15(14)19-11-13-7-3-2-4-8-13/h2-10H,11H2,1H3. The summed E-state index contributed by atoms with van der Waals surface area (Å²) in [7, 11) is 0. The Morgan fingerprint density at radius 1 is 0.950 bits per heavy atom. The molecule has 0 bridgehead atoms. The summed E-state index contributed by atoms with van der Waals surface area (Å²) in [4.78, 5) is 0. The smallest absolute Gasteiger partial charge is 0.251 e. The second kappa shape index (κ2) is 5.57. The molecule has 4 nitrogen and oxygen atoms in total. The summed E-state index contributed by atoms with van der Waals surface area (Å²) in [5.74, 6) is 1.75. The molecule has 0 amide bonds. The van der Waals surface area contributed by atoms with Gasteiger partial charge in [0.25, 0.3) is 5.89 Å². The van der Waals surface area contributed by atoms with Crippen LogP contribution >= 0.6 is 0 Å². The quantitative estimate of drug-likeness (QED) is 0.723. The zero-order valence-corrected chi connectivity index (χ0v) is 11.1. The van der Waals surface area contributed by atoms with Crippen LogP contribution in [0.1, 0.15) is 11.5 Å². The molecule has 100 valence electrons. The summed E-state index contributed by atoms with van der Waals surface area (Å²) in [6.07, 6.45) is 0. The first kappa shape index (κ1) is 12.4. The first-order chi connectivity index (χ1) is 9.83. The Kier molecular flexibility index (Phi) is 3.46. The lowest BCUT2D eigenvalue weighted by Crippen LogP contribution is -1.96. The lowest BCUT2D eigenvalue weighted by Gasteiger charge is -2.09. The van der Waals surface area contributed by atoms with E-state index in [0.29, 0.717) is 18.4 Å². The van der Waals surface area contributed by atoms with Crippen molar-refractivity contribution < 1.29 is 9.15 Å². The maximum absolute atomic E-state index is 5.86. The Morgan fingerprint density at radius 2 is 1.70 bits per heavy atom. The number of aryl methyl sites for hydroxylation is 1. The van der Waals surface area contributed by atoms with Gasteiger partial charge in [-0.3, -0.25) is 0 Å². The van der Waals surface area contributed by atoms with Crippen molar-refractivity contribution in [3.63, 3.8) is 0 Å². The van der Waals surface area contributed by atoms with Crippen LogP contribution in [-0.4, -0.2) is 10.2 Å². The molecule has 3 rings (SSSR count). The normalized spacial score (nSPS) is 10.4. The van der Waals surface area contributed by atoms with Crippen molar-refractivity contribution >= 4 is 0 Å². The fourth-order valence-corrected chi connectivity index (χ4v) is 1.91. The van der Waals surface area contributed by atoms with E-state index in [1.807, 2.05) is 54.6 Å². The maximum atomic E-state index is 5.86. The molecular weight excluding hydrogens is 252 g/mol. The van der Waals surface area contributed by atoms with Crippen molar-refractivity contribution in [3.05, 3.63) is 66.1 Å². The van der Waals surface area contributed by atoms with Crippen molar-refractivity contribution in [3.8, 4) is 17.2 Å². The van der Waals surface area contributed by atoms with Crippen LogP contribution in [0.3, 0.4) is 0 Å². The summed E-state index contributed by atoms with van der Waals surface area (Å²) in [5.41, 5.74) is 1.92. The van der Waals surface area contributed by atoms with E-state index in [1.165, 1.54) is 0 Å². The van der Waals surface area contributed by atoms with Crippen LogP contribution in [0, 0.1) is 6.92 Å². The Morgan fingerprint density at radius 3 is 2.45 bits per heavy atom. The highest BCUT2D eigenvalue weighted by Gasteiger charge is 2.11. The Balaban J connectivity index is 1.83. The third kappa shape index (κ3) is 2.69. The minimum absolute atomic E-state index is 0.478. The second-order valence-corrected chi connectivity index (χ2v) is 4.40. The number of para-hydroxylation sites is 1. The van der Waals surface area contributed by atoms with Gasteiger partial charge in [-0.2, -0.15) is 0 Å². The van der Waals surface area contributed by atoms with Gasteiger partial charge in [-0.15, -0.1) is 10.2 Å². The minimum atomic E-state index is 0.478. The summed E-state index contributed by atoms with van der Waals surface area (Å²) < 4.78 is 11.3. The van der Waals surface area contributed by atoms with Gasteiger partial charge >= 0.3 is 0 Å². The summed E-state index contributed by atoms with van der Waals surface area (Å²) >= 11 is 0. The zero-order chi connectivity index (χ0) is 13.8. The van der Waals surface area contributed by atoms with E-state index in [1.54, 1.807) is 6.92 Å². The molecule has 2 aromatic carbocycles. The molecule has 4 heteroatoms. The van der Waals surface area contributed by atoms with Crippen LogP contribution in [0.4, 0.5) is 0 Å². The molecule has 1 heterocycles. The number of aromatic nitrogens is 2. The molecule has 20 heavy (non-hydrogen) atoms. The predicted octanol–water partition coefficient (Wildman–Crippen LogP) is 3.62. The molecule has 1 aromatic heterocycles. The van der Waals surface area contributed by atoms with E-state index in [9.17, 15) is 0 Å². The van der Waals surface area contributed by atoms with E-state index in [4.69, 9.17) is 9.15 Å². The van der Waals surface area contributed by atoms with Crippen LogP contribution in [-0.2, 0) is 6.61 Å². The molecule has 0 spiro atoms. The fourth-order valence-electron chi connectivity index (χ4n) is 1.91. The molecule has 0 saturated carbocycles. The highest BCUT2D eigenvalue weighted by atomic mass is 16.5. The summed E-state index contributed by atoms with van der Waals surface area (Å²) in [6.45, 7) is 2.27. The molecule has 0 radical (unpaired) electrons. The van der Waals surface area contributed by atoms with Crippen LogP contribution in [0.25, 0.3) is 11.5 Å². The Labute approximate surface area is 117 Å². The van der Waals surface area contributed by atoms with E-state index in [-0.39, 0.29) is 0 Å². The SMILES string of the molecule is Cc1nnc(-c2ccccc2OCc2ccccc2)o1. The van der Waals surface area contributed by atoms with E-state index in [2.05, 4.69) is 10.2 Å². The molecule has 0 saturated heterocycles. The van der Waals surface area contributed by atoms with Crippen LogP contribution in [0.2, 0.25) is 0 Å². The average molecular weight is 266 g/mol. The monoisotopic (exact) mass is 266 g/mol. The van der Waals surface area contributed by atoms with Gasteiger partial charge in [0.2, 0.25) is 5.89 Å². The number of hydrogen-bond donors (Lipinski definition) is 0. The molecule has 0 unspecified atom stereocenters. The van der Waals surface area contributed by atoms with Gasteiger partial charge < -0.3 is 9.15 Å². The highest BCUT2D eigenvalue weighted by Crippen LogP contribution is 2.29. The lowest BCUT2D eigenvalue weighted by molar-refractivity contribution is 0.306. The van der Waals surface area contributed by atoms with Crippen molar-refractivity contribution in [2.24, 2.45) is 0 Å². The van der Waals surface area contributed by atoms with E-state index < -0.39 is 0 Å². The largest absolute Gasteiger partial charge is 0.488 e. The first-order valence-electron chi connectivity index (χ1n) is 6.39. The Hall–Kier alpha value is -2.62. The third-order valence-electron chi connectivity index (χ3n) is 2.88. The number of rotatable bonds is 4. The fraction of sp³-hybridized carbons (Fsp3) is 0.125. The molecule has 0 aliphatic heterocycles. The number of ether oxygens (including phenoxy) is 1. The number of hydrogen-bond acceptors (Lipinski definition) is 4. The van der Waals surface area contributed by atoms with Crippen LogP contribution in [0.5, 0.6) is 5.75 Å². The van der Waals surface area contributed by atoms with Crippen LogP contribution < -0.4 is 4.74 Å². The zero-order valence-electron chi connectivity index (χ0n) is 11.1. The first-order valence-corrected chi connectivity index (χ1v) is 6.39. The van der Waals surface area contributed by atoms with Gasteiger partial charge in [0.05, 0.1) is 5.56 Å².